The topological polar surface area (TPSA) is 125 Å². The number of imide groups is 1. The van der Waals surface area contributed by atoms with E-state index < -0.39 is 15.9 Å². The first-order valence-electron chi connectivity index (χ1n) is 7.87. The second-order valence-electron chi connectivity index (χ2n) is 6.32. The van der Waals surface area contributed by atoms with Crippen LogP contribution in [0.25, 0.3) is 0 Å². The molecule has 2 fully saturated rings. The van der Waals surface area contributed by atoms with E-state index in [1.165, 1.54) is 24.1 Å². The summed E-state index contributed by atoms with van der Waals surface area (Å²) in [4.78, 5) is 27.4. The predicted octanol–water partition coefficient (Wildman–Crippen LogP) is -0.426. The van der Waals surface area contributed by atoms with Gasteiger partial charge < -0.3 is 10.2 Å². The molecule has 2 aliphatic rings. The van der Waals surface area contributed by atoms with Crippen LogP contribution in [0.5, 0.6) is 0 Å². The van der Waals surface area contributed by atoms with E-state index in [9.17, 15) is 18.0 Å². The van der Waals surface area contributed by atoms with Crippen molar-refractivity contribution in [1.82, 2.24) is 15.1 Å². The summed E-state index contributed by atoms with van der Waals surface area (Å²) in [5.74, 6) is -0.668. The second kappa shape index (κ2) is 6.28. The number of sulfonamides is 1. The zero-order chi connectivity index (χ0) is 18.4. The smallest absolute Gasteiger partial charge is 0.327 e. The number of benzene rings is 1. The SMILES string of the molecule is CN1C(=O)C2C(Nc3ccc(S(N)(=O)=O)cc3)CCNC2N(C)C1=O. The number of amides is 3. The minimum absolute atomic E-state index is 0.0278. The van der Waals surface area contributed by atoms with E-state index in [0.717, 1.165) is 4.90 Å². The number of urea groups is 1. The van der Waals surface area contributed by atoms with Gasteiger partial charge in [-0.15, -0.1) is 0 Å². The third-order valence-corrected chi connectivity index (χ3v) is 5.67. The second-order valence-corrected chi connectivity index (χ2v) is 7.89. The van der Waals surface area contributed by atoms with Gasteiger partial charge in [-0.05, 0) is 37.2 Å². The molecule has 2 saturated heterocycles. The standard InChI is InChI=1S/C15H21N5O4S/c1-19-13-12(14(21)20(2)15(19)22)11(7-8-17-13)18-9-3-5-10(6-4-9)25(16,23)24/h3-6,11-13,17-18H,7-8H2,1-2H3,(H2,16,23,24). The molecule has 0 spiro atoms. The quantitative estimate of drug-likeness (QED) is 0.666. The first kappa shape index (κ1) is 17.6. The minimum Gasteiger partial charge on any atom is -0.381 e. The molecule has 0 aliphatic carbocycles. The van der Waals surface area contributed by atoms with Crippen LogP contribution in [0.4, 0.5) is 10.5 Å². The molecule has 3 amide bonds. The van der Waals surface area contributed by atoms with Crippen LogP contribution in [-0.4, -0.2) is 63.0 Å². The van der Waals surface area contributed by atoms with Crippen molar-refractivity contribution in [3.05, 3.63) is 24.3 Å². The summed E-state index contributed by atoms with van der Waals surface area (Å²) in [5.41, 5.74) is 0.688. The van der Waals surface area contributed by atoms with Crippen LogP contribution < -0.4 is 15.8 Å². The molecule has 25 heavy (non-hydrogen) atoms. The first-order chi connectivity index (χ1) is 11.7. The summed E-state index contributed by atoms with van der Waals surface area (Å²) in [5, 5.41) is 11.6. The Labute approximate surface area is 146 Å². The lowest BCUT2D eigenvalue weighted by Gasteiger charge is -2.48. The molecule has 9 nitrogen and oxygen atoms in total. The monoisotopic (exact) mass is 367 g/mol. The normalized spacial score (nSPS) is 27.2. The molecule has 0 bridgehead atoms. The van der Waals surface area contributed by atoms with Crippen LogP contribution in [0.1, 0.15) is 6.42 Å². The Morgan fingerprint density at radius 1 is 1.20 bits per heavy atom. The molecule has 1 aromatic rings. The number of primary sulfonamides is 1. The number of anilines is 1. The van der Waals surface area contributed by atoms with Crippen molar-refractivity contribution in [2.75, 3.05) is 26.0 Å². The van der Waals surface area contributed by atoms with Gasteiger partial charge in [-0.1, -0.05) is 0 Å². The number of fused-ring (bicyclic) bond motifs is 1. The predicted molar refractivity (Wildman–Crippen MR) is 91.1 cm³/mol. The lowest BCUT2D eigenvalue weighted by molar-refractivity contribution is -0.139. The van der Waals surface area contributed by atoms with Crippen molar-refractivity contribution in [2.45, 2.75) is 23.5 Å². The fourth-order valence-corrected chi connectivity index (χ4v) is 3.90. The zero-order valence-electron chi connectivity index (χ0n) is 14.0. The molecular formula is C15H21N5O4S. The number of hydrogen-bond acceptors (Lipinski definition) is 6. The number of nitrogens with zero attached hydrogens (tertiary/aromatic N) is 2. The fourth-order valence-electron chi connectivity index (χ4n) is 3.39. The van der Waals surface area contributed by atoms with E-state index in [1.807, 2.05) is 0 Å². The molecule has 136 valence electrons. The average molecular weight is 367 g/mol. The Bertz CT molecular complexity index is 795. The van der Waals surface area contributed by atoms with Crippen LogP contribution >= 0.6 is 0 Å². The summed E-state index contributed by atoms with van der Waals surface area (Å²) in [6, 6.07) is 5.54. The molecule has 2 heterocycles. The van der Waals surface area contributed by atoms with Crippen LogP contribution in [-0.2, 0) is 14.8 Å². The van der Waals surface area contributed by atoms with E-state index in [4.69, 9.17) is 5.14 Å². The molecule has 0 radical (unpaired) electrons. The first-order valence-corrected chi connectivity index (χ1v) is 9.42. The number of rotatable bonds is 3. The third kappa shape index (κ3) is 3.20. The summed E-state index contributed by atoms with van der Waals surface area (Å²) >= 11 is 0. The molecule has 1 aromatic carbocycles. The molecule has 4 N–H and O–H groups in total. The molecule has 0 saturated carbocycles. The highest BCUT2D eigenvalue weighted by Crippen LogP contribution is 2.29. The van der Waals surface area contributed by atoms with Gasteiger partial charge in [0.25, 0.3) is 0 Å². The van der Waals surface area contributed by atoms with E-state index in [-0.39, 0.29) is 29.0 Å². The number of nitrogens with one attached hydrogen (secondary N) is 2. The van der Waals surface area contributed by atoms with E-state index >= 15 is 0 Å². The summed E-state index contributed by atoms with van der Waals surface area (Å²) in [7, 11) is -0.602. The average Bonchev–Trinajstić information content (AvgIpc) is 2.57. The van der Waals surface area contributed by atoms with Crippen molar-refractivity contribution in [2.24, 2.45) is 11.1 Å². The van der Waals surface area contributed by atoms with Crippen molar-refractivity contribution in [1.29, 1.82) is 0 Å². The van der Waals surface area contributed by atoms with E-state index in [0.29, 0.717) is 18.7 Å². The summed E-state index contributed by atoms with van der Waals surface area (Å²) in [6.45, 7) is 0.655. The van der Waals surface area contributed by atoms with Crippen LogP contribution in [0.3, 0.4) is 0 Å². The van der Waals surface area contributed by atoms with Crippen LogP contribution in [0.2, 0.25) is 0 Å². The number of hydrogen-bond donors (Lipinski definition) is 3. The highest BCUT2D eigenvalue weighted by molar-refractivity contribution is 7.89. The molecule has 3 unspecified atom stereocenters. The number of carbonyl (C=O) groups is 2. The van der Waals surface area contributed by atoms with Gasteiger partial charge in [0.1, 0.15) is 0 Å². The molecule has 0 aromatic heterocycles. The van der Waals surface area contributed by atoms with Gasteiger partial charge in [0, 0.05) is 25.8 Å². The Kier molecular flexibility index (Phi) is 4.43. The van der Waals surface area contributed by atoms with Gasteiger partial charge in [-0.25, -0.2) is 18.4 Å². The molecule has 2 aliphatic heterocycles. The highest BCUT2D eigenvalue weighted by Gasteiger charge is 2.48. The molecule has 3 rings (SSSR count). The molecule has 3 atom stereocenters. The maximum Gasteiger partial charge on any atom is 0.327 e. The largest absolute Gasteiger partial charge is 0.381 e. The van der Waals surface area contributed by atoms with Gasteiger partial charge in [-0.3, -0.25) is 15.0 Å². The van der Waals surface area contributed by atoms with Gasteiger partial charge in [0.05, 0.1) is 17.0 Å². The third-order valence-electron chi connectivity index (χ3n) is 4.74. The summed E-state index contributed by atoms with van der Waals surface area (Å²) in [6.07, 6.45) is 0.325. The lowest BCUT2D eigenvalue weighted by atomic mass is 9.86. The maximum absolute atomic E-state index is 12.6. The highest BCUT2D eigenvalue weighted by atomic mass is 32.2. The molecule has 10 heteroatoms. The molecular weight excluding hydrogens is 346 g/mol. The van der Waals surface area contributed by atoms with Crippen LogP contribution in [0.15, 0.2) is 29.2 Å². The van der Waals surface area contributed by atoms with Crippen molar-refractivity contribution in [3.8, 4) is 0 Å². The van der Waals surface area contributed by atoms with Gasteiger partial charge >= 0.3 is 6.03 Å². The van der Waals surface area contributed by atoms with Gasteiger partial charge in [0.15, 0.2) is 0 Å². The number of piperidine rings is 1. The Morgan fingerprint density at radius 3 is 2.44 bits per heavy atom. The maximum atomic E-state index is 12.6. The Morgan fingerprint density at radius 2 is 1.84 bits per heavy atom. The van der Waals surface area contributed by atoms with Gasteiger partial charge in [0.2, 0.25) is 15.9 Å². The Hall–Kier alpha value is -2.17. The van der Waals surface area contributed by atoms with Crippen molar-refractivity contribution < 1.29 is 18.0 Å². The zero-order valence-corrected chi connectivity index (χ0v) is 14.8. The fraction of sp³-hybridized carbons (Fsp3) is 0.467. The number of nitrogens with two attached hydrogens (primary N) is 1. The van der Waals surface area contributed by atoms with Crippen LogP contribution in [0, 0.1) is 5.92 Å². The van der Waals surface area contributed by atoms with E-state index in [1.54, 1.807) is 19.2 Å². The lowest BCUT2D eigenvalue weighted by Crippen LogP contribution is -2.69. The van der Waals surface area contributed by atoms with Crippen molar-refractivity contribution >= 4 is 27.6 Å². The summed E-state index contributed by atoms with van der Waals surface area (Å²) < 4.78 is 22.7. The number of carbonyl (C=O) groups excluding carboxylic acids is 2. The van der Waals surface area contributed by atoms with Gasteiger partial charge in [-0.2, -0.15) is 0 Å². The Balaban J connectivity index is 1.82. The van der Waals surface area contributed by atoms with Crippen molar-refractivity contribution in [3.63, 3.8) is 0 Å². The minimum atomic E-state index is -3.74. The van der Waals surface area contributed by atoms with E-state index in [2.05, 4.69) is 10.6 Å².